The van der Waals surface area contributed by atoms with Crippen molar-refractivity contribution in [1.29, 1.82) is 0 Å². The third kappa shape index (κ3) is 8.59. The van der Waals surface area contributed by atoms with E-state index in [-0.39, 0.29) is 51.8 Å². The Morgan fingerprint density at radius 2 is 1.54 bits per heavy atom. The quantitative estimate of drug-likeness (QED) is 0.178. The first kappa shape index (κ1) is 42.3. The van der Waals surface area contributed by atoms with Gasteiger partial charge in [-0.1, -0.05) is 94.7 Å². The van der Waals surface area contributed by atoms with E-state index in [0.29, 0.717) is 38.2 Å². The molecule has 3 aromatic carbocycles. The third-order valence-electron chi connectivity index (χ3n) is 12.5. The Hall–Kier alpha value is -3.40. The van der Waals surface area contributed by atoms with E-state index < -0.39 is 5.82 Å². The first-order valence-electron chi connectivity index (χ1n) is 19.7. The van der Waals surface area contributed by atoms with Crippen LogP contribution in [0.2, 0.25) is 15.1 Å². The number of carbonyl (C=O) groups excluding carboxylic acids is 1. The van der Waals surface area contributed by atoms with E-state index in [1.165, 1.54) is 40.7 Å². The van der Waals surface area contributed by atoms with Gasteiger partial charge in [0.25, 0.3) is 5.56 Å². The number of nitrogens with zero attached hydrogens (tertiary/aromatic N) is 4. The van der Waals surface area contributed by atoms with Gasteiger partial charge < -0.3 is 31.0 Å². The van der Waals surface area contributed by atoms with Crippen LogP contribution in [-0.2, 0) is 16.0 Å². The molecule has 4 aromatic rings. The van der Waals surface area contributed by atoms with Crippen LogP contribution in [0, 0.1) is 16.6 Å². The highest BCUT2D eigenvalue weighted by molar-refractivity contribution is 8.03. The van der Waals surface area contributed by atoms with Crippen LogP contribution in [0.25, 0.3) is 0 Å². The zero-order valence-electron chi connectivity index (χ0n) is 32.4. The number of allylic oxidation sites excluding steroid dienone is 1. The number of nitrogens with two attached hydrogens (primary N) is 2. The molecule has 3 fully saturated rings. The van der Waals surface area contributed by atoms with Gasteiger partial charge in [-0.3, -0.25) is 9.59 Å². The minimum atomic E-state index is -0.468. The summed E-state index contributed by atoms with van der Waals surface area (Å²) in [6.07, 6.45) is 8.40. The minimum Gasteiger partial charge on any atom is -0.376 e. The van der Waals surface area contributed by atoms with Gasteiger partial charge in [0.05, 0.1) is 39.0 Å². The van der Waals surface area contributed by atoms with Crippen molar-refractivity contribution in [2.75, 3.05) is 37.7 Å². The fraction of sp³-hybridized carbons (Fsp3) is 0.395. The molecule has 1 aromatic heterocycles. The standard InChI is InChI=1S/C23H22Cl2N4OS.C20H23ClFN3O2S/c24-16-6-3-7-17(19(16)25)31-18-13-27-21(22(30)28-18)29-10-8-23(9-11-29)12-14-4-1-2-5-15(14)20(23)26;1-12-18(23)20(11-27-12)5-7-25(8-6-20)19-15(26)9-13(10-24-19)28-16-4-2-3-14(22)17(16)21/h1-7,13,20H,8-12,26H2,(H,28,30);2-4,10,12,18H,5-9,11,23H2,1H3/t20-;12-,18+/m10/s1. The number of thioether (sulfide) groups is 1. The Morgan fingerprint density at radius 1 is 0.864 bits per heavy atom. The van der Waals surface area contributed by atoms with Gasteiger partial charge in [-0.15, -0.1) is 0 Å². The van der Waals surface area contributed by atoms with E-state index in [2.05, 4.69) is 49.0 Å². The number of aliphatic imine (C=N–C) groups is 1. The summed E-state index contributed by atoms with van der Waals surface area (Å²) in [4.78, 5) is 43.5. The molecule has 3 saturated heterocycles. The monoisotopic (exact) mass is 895 g/mol. The molecule has 59 heavy (non-hydrogen) atoms. The Kier molecular flexibility index (Phi) is 12.6. The number of aromatic nitrogens is 2. The van der Waals surface area contributed by atoms with E-state index in [1.807, 2.05) is 19.1 Å². The predicted molar refractivity (Wildman–Crippen MR) is 235 cm³/mol. The molecule has 0 unspecified atom stereocenters. The number of H-pyrrole nitrogens is 1. The number of nitrogens with one attached hydrogen (secondary N) is 1. The Labute approximate surface area is 366 Å². The molecule has 4 aliphatic heterocycles. The number of hydrogen-bond acceptors (Lipinski definition) is 11. The lowest BCUT2D eigenvalue weighted by atomic mass is 9.73. The lowest BCUT2D eigenvalue weighted by Gasteiger charge is -2.42. The molecule has 2 spiro atoms. The van der Waals surface area contributed by atoms with Gasteiger partial charge in [0.2, 0.25) is 5.78 Å². The van der Waals surface area contributed by atoms with E-state index in [0.717, 1.165) is 68.1 Å². The average Bonchev–Trinajstić information content (AvgIpc) is 3.66. The molecule has 1 aliphatic carbocycles. The number of rotatable bonds is 5. The maximum atomic E-state index is 13.6. The van der Waals surface area contributed by atoms with E-state index in [9.17, 15) is 14.0 Å². The van der Waals surface area contributed by atoms with Crippen LogP contribution < -0.4 is 21.9 Å². The number of aromatic amines is 1. The molecule has 5 aliphatic rings. The number of anilines is 1. The van der Waals surface area contributed by atoms with Crippen molar-refractivity contribution in [2.45, 2.75) is 78.5 Å². The number of piperidine rings is 2. The van der Waals surface area contributed by atoms with E-state index in [4.69, 9.17) is 51.0 Å². The zero-order chi connectivity index (χ0) is 41.5. The van der Waals surface area contributed by atoms with Gasteiger partial charge in [0.1, 0.15) is 5.82 Å². The van der Waals surface area contributed by atoms with Gasteiger partial charge in [-0.2, -0.15) is 0 Å². The van der Waals surface area contributed by atoms with Crippen molar-refractivity contribution in [3.8, 4) is 0 Å². The lowest BCUT2D eigenvalue weighted by molar-refractivity contribution is -0.113. The predicted octanol–water partition coefficient (Wildman–Crippen LogP) is 8.68. The first-order valence-corrected chi connectivity index (χ1v) is 22.5. The summed E-state index contributed by atoms with van der Waals surface area (Å²) in [6, 6.07) is 18.6. The molecular weight excluding hydrogens is 852 g/mol. The Morgan fingerprint density at radius 3 is 2.22 bits per heavy atom. The molecule has 5 heterocycles. The molecule has 3 atom stereocenters. The van der Waals surface area contributed by atoms with Crippen molar-refractivity contribution >= 4 is 75.8 Å². The SMILES string of the molecule is C[C@@H]1OCC2(CCN(C3=NC=C(Sc4cccc(F)c4Cl)CC3=O)CC2)[C@@H]1N.N[C@@H]1c2ccccc2CC12CCN(c1ncc(Sc3cccc(Cl)c3Cl)[nH]c1=O)CC2. The molecule has 0 amide bonds. The highest BCUT2D eigenvalue weighted by atomic mass is 35.5. The number of likely N-dealkylation sites (tertiary alicyclic amines) is 1. The normalized spacial score (nSPS) is 23.2. The van der Waals surface area contributed by atoms with Crippen molar-refractivity contribution < 1.29 is 13.9 Å². The number of fused-ring (bicyclic) bond motifs is 1. The summed E-state index contributed by atoms with van der Waals surface area (Å²) in [5.41, 5.74) is 15.5. The molecule has 0 saturated carbocycles. The maximum Gasteiger partial charge on any atom is 0.291 e. The highest BCUT2D eigenvalue weighted by Gasteiger charge is 2.48. The highest BCUT2D eigenvalue weighted by Crippen LogP contribution is 2.51. The van der Waals surface area contributed by atoms with Gasteiger partial charge in [0, 0.05) is 71.0 Å². The molecule has 10 nitrogen and oxygen atoms in total. The molecule has 9 rings (SSSR count). The zero-order valence-corrected chi connectivity index (χ0v) is 36.3. The molecule has 16 heteroatoms. The summed E-state index contributed by atoms with van der Waals surface area (Å²) in [6.45, 7) is 5.75. The second-order valence-electron chi connectivity index (χ2n) is 16.0. The molecular formula is C43H45Cl3FN7O3S2. The topological polar surface area (TPSA) is 143 Å². The lowest BCUT2D eigenvalue weighted by Crippen LogP contribution is -2.52. The Bertz CT molecular complexity index is 2360. The van der Waals surface area contributed by atoms with E-state index in [1.54, 1.807) is 30.6 Å². The van der Waals surface area contributed by atoms with Crippen LogP contribution in [0.3, 0.4) is 0 Å². The summed E-state index contributed by atoms with van der Waals surface area (Å²) < 4.78 is 19.4. The van der Waals surface area contributed by atoms with Crippen molar-refractivity contribution in [3.05, 3.63) is 120 Å². The number of ketones is 1. The number of carbonyl (C=O) groups is 1. The number of hydrogen-bond donors (Lipinski definition) is 3. The fourth-order valence-electron chi connectivity index (χ4n) is 8.96. The number of halogens is 4. The second-order valence-corrected chi connectivity index (χ2v) is 19.4. The Balaban J connectivity index is 0.000000165. The number of benzene rings is 3. The van der Waals surface area contributed by atoms with Gasteiger partial charge in [-0.05, 0) is 79.8 Å². The number of Topliss-reactive ketones (excluding diaryl/α,β-unsaturated/α-hetero) is 1. The van der Waals surface area contributed by atoms with Gasteiger partial charge >= 0.3 is 0 Å². The molecule has 310 valence electrons. The van der Waals surface area contributed by atoms with Crippen molar-refractivity contribution in [1.82, 2.24) is 14.9 Å². The fourth-order valence-corrected chi connectivity index (χ4v) is 11.4. The first-order chi connectivity index (χ1) is 28.4. The second kappa shape index (κ2) is 17.5. The maximum absolute atomic E-state index is 13.6. The molecule has 0 radical (unpaired) electrons. The average molecular weight is 897 g/mol. The van der Waals surface area contributed by atoms with Crippen LogP contribution in [0.15, 0.2) is 103 Å². The largest absolute Gasteiger partial charge is 0.376 e. The minimum absolute atomic E-state index is 0.0131. The van der Waals surface area contributed by atoms with Crippen LogP contribution >= 0.6 is 58.3 Å². The van der Waals surface area contributed by atoms with Crippen molar-refractivity contribution in [2.24, 2.45) is 27.3 Å². The third-order valence-corrected chi connectivity index (χ3v) is 16.0. The number of amidine groups is 1. The summed E-state index contributed by atoms with van der Waals surface area (Å²) in [5.74, 6) is 0.476. The molecule has 5 N–H and O–H groups in total. The van der Waals surface area contributed by atoms with Crippen LogP contribution in [0.1, 0.15) is 56.2 Å². The molecule has 0 bridgehead atoms. The summed E-state index contributed by atoms with van der Waals surface area (Å²) in [5, 5.41) is 1.64. The van der Waals surface area contributed by atoms with Gasteiger partial charge in [-0.25, -0.2) is 14.4 Å². The van der Waals surface area contributed by atoms with Crippen molar-refractivity contribution in [3.63, 3.8) is 0 Å². The smallest absolute Gasteiger partial charge is 0.291 e. The van der Waals surface area contributed by atoms with Gasteiger partial charge in [0.15, 0.2) is 11.7 Å². The van der Waals surface area contributed by atoms with Crippen LogP contribution in [-0.4, -0.2) is 71.4 Å². The van der Waals surface area contributed by atoms with E-state index >= 15 is 0 Å². The van der Waals surface area contributed by atoms with Crippen LogP contribution in [0.5, 0.6) is 0 Å². The number of ether oxygens (including phenoxy) is 1. The van der Waals surface area contributed by atoms with Crippen LogP contribution in [0.4, 0.5) is 10.2 Å². The summed E-state index contributed by atoms with van der Waals surface area (Å²) in [7, 11) is 0. The summed E-state index contributed by atoms with van der Waals surface area (Å²) >= 11 is 21.0.